The second kappa shape index (κ2) is 4.92. The monoisotopic (exact) mass is 302 g/mol. The van der Waals surface area contributed by atoms with Gasteiger partial charge in [0, 0.05) is 12.2 Å². The average Bonchev–Trinajstić information content (AvgIpc) is 2.54. The van der Waals surface area contributed by atoms with Crippen molar-refractivity contribution in [1.82, 2.24) is 4.98 Å². The van der Waals surface area contributed by atoms with Gasteiger partial charge in [0.25, 0.3) is 0 Å². The second-order valence-electron chi connectivity index (χ2n) is 4.65. The lowest BCUT2D eigenvalue weighted by Gasteiger charge is -2.20. The predicted molar refractivity (Wildman–Crippen MR) is 71.9 cm³/mol. The van der Waals surface area contributed by atoms with Crippen molar-refractivity contribution >= 4 is 33.3 Å². The van der Waals surface area contributed by atoms with Crippen LogP contribution >= 0.6 is 27.5 Å². The molecule has 1 aromatic heterocycles. The van der Waals surface area contributed by atoms with E-state index in [9.17, 15) is 0 Å². The molecule has 1 saturated carbocycles. The third kappa shape index (κ3) is 2.51. The Morgan fingerprint density at radius 2 is 2.19 bits per heavy atom. The molecule has 16 heavy (non-hydrogen) atoms. The first-order valence-corrected chi connectivity index (χ1v) is 6.82. The molecule has 3 unspecified atom stereocenters. The molecule has 1 aliphatic carbocycles. The van der Waals surface area contributed by atoms with Crippen LogP contribution in [0.2, 0.25) is 5.02 Å². The number of aromatic nitrogens is 1. The van der Waals surface area contributed by atoms with Crippen LogP contribution in [0.1, 0.15) is 26.7 Å². The number of nitrogens with zero attached hydrogens (tertiary/aromatic N) is 1. The van der Waals surface area contributed by atoms with Gasteiger partial charge < -0.3 is 5.32 Å². The minimum Gasteiger partial charge on any atom is -0.366 e. The van der Waals surface area contributed by atoms with Crippen molar-refractivity contribution < 1.29 is 0 Å². The minimum absolute atomic E-state index is 0.528. The van der Waals surface area contributed by atoms with E-state index in [1.165, 1.54) is 12.8 Å². The van der Waals surface area contributed by atoms with Crippen LogP contribution in [0.25, 0.3) is 0 Å². The van der Waals surface area contributed by atoms with Crippen LogP contribution in [0, 0.1) is 11.8 Å². The first kappa shape index (κ1) is 12.2. The third-order valence-electron chi connectivity index (χ3n) is 3.60. The number of pyridine rings is 1. The number of nitrogens with one attached hydrogen (secondary N) is 1. The normalized spacial score (nSPS) is 29.4. The number of hydrogen-bond donors (Lipinski definition) is 1. The summed E-state index contributed by atoms with van der Waals surface area (Å²) in [4.78, 5) is 4.31. The van der Waals surface area contributed by atoms with Crippen molar-refractivity contribution in [2.75, 3.05) is 5.32 Å². The van der Waals surface area contributed by atoms with Crippen LogP contribution in [0.3, 0.4) is 0 Å². The maximum absolute atomic E-state index is 5.87. The van der Waals surface area contributed by atoms with E-state index < -0.39 is 0 Å². The molecule has 4 heteroatoms. The Balaban J connectivity index is 2.09. The van der Waals surface area contributed by atoms with Gasteiger partial charge in [0.2, 0.25) is 0 Å². The Labute approximate surface area is 110 Å². The Hall–Kier alpha value is -0.280. The molecule has 1 aliphatic rings. The van der Waals surface area contributed by atoms with Crippen LogP contribution < -0.4 is 5.32 Å². The van der Waals surface area contributed by atoms with Gasteiger partial charge in [0.1, 0.15) is 5.82 Å². The smallest absolute Gasteiger partial charge is 0.140 e. The first-order chi connectivity index (χ1) is 7.58. The maximum Gasteiger partial charge on any atom is 0.140 e. The van der Waals surface area contributed by atoms with Crippen LogP contribution in [0.5, 0.6) is 0 Å². The molecule has 1 N–H and O–H groups in total. The zero-order valence-corrected chi connectivity index (χ0v) is 11.8. The fraction of sp³-hybridized carbons (Fsp3) is 0.583. The number of anilines is 1. The highest BCUT2D eigenvalue weighted by atomic mass is 79.9. The summed E-state index contributed by atoms with van der Waals surface area (Å²) >= 11 is 9.35. The lowest BCUT2D eigenvalue weighted by Crippen LogP contribution is -2.24. The highest BCUT2D eigenvalue weighted by molar-refractivity contribution is 9.10. The Kier molecular flexibility index (Phi) is 3.75. The van der Waals surface area contributed by atoms with Crippen molar-refractivity contribution in [3.8, 4) is 0 Å². The Morgan fingerprint density at radius 3 is 2.75 bits per heavy atom. The quantitative estimate of drug-likeness (QED) is 0.879. The van der Waals surface area contributed by atoms with Gasteiger partial charge in [-0.1, -0.05) is 25.4 Å². The van der Waals surface area contributed by atoms with Crippen molar-refractivity contribution in [2.45, 2.75) is 32.7 Å². The summed E-state index contributed by atoms with van der Waals surface area (Å²) in [7, 11) is 0. The Morgan fingerprint density at radius 1 is 1.44 bits per heavy atom. The second-order valence-corrected chi connectivity index (χ2v) is 5.94. The van der Waals surface area contributed by atoms with Crippen molar-refractivity contribution in [2.24, 2.45) is 11.8 Å². The lowest BCUT2D eigenvalue weighted by molar-refractivity contribution is 0.435. The molecular formula is C12H16BrClN2. The molecule has 2 nitrogen and oxygen atoms in total. The van der Waals surface area contributed by atoms with Gasteiger partial charge in [0.05, 0.1) is 9.50 Å². The molecular weight excluding hydrogens is 288 g/mol. The van der Waals surface area contributed by atoms with Crippen molar-refractivity contribution in [1.29, 1.82) is 0 Å². The van der Waals surface area contributed by atoms with E-state index in [0.717, 1.165) is 16.2 Å². The fourth-order valence-corrected chi connectivity index (χ4v) is 3.02. The summed E-state index contributed by atoms with van der Waals surface area (Å²) in [5.41, 5.74) is 0. The van der Waals surface area contributed by atoms with Crippen molar-refractivity contribution in [3.05, 3.63) is 21.8 Å². The van der Waals surface area contributed by atoms with E-state index in [1.807, 2.05) is 6.07 Å². The first-order valence-electron chi connectivity index (χ1n) is 5.65. The molecule has 2 rings (SSSR count). The van der Waals surface area contributed by atoms with Gasteiger partial charge in [-0.2, -0.15) is 0 Å². The van der Waals surface area contributed by atoms with Crippen LogP contribution in [-0.2, 0) is 0 Å². The van der Waals surface area contributed by atoms with Crippen LogP contribution in [-0.4, -0.2) is 11.0 Å². The molecule has 0 aromatic carbocycles. The predicted octanol–water partition coefficient (Wildman–Crippen LogP) is 4.34. The molecule has 88 valence electrons. The summed E-state index contributed by atoms with van der Waals surface area (Å²) in [5, 5.41) is 4.16. The number of rotatable bonds is 2. The molecule has 0 saturated heterocycles. The zero-order valence-electron chi connectivity index (χ0n) is 9.50. The largest absolute Gasteiger partial charge is 0.366 e. The van der Waals surface area contributed by atoms with Gasteiger partial charge in [0.15, 0.2) is 0 Å². The number of halogens is 2. The summed E-state index contributed by atoms with van der Waals surface area (Å²) in [6.45, 7) is 4.62. The highest BCUT2D eigenvalue weighted by Crippen LogP contribution is 2.34. The third-order valence-corrected chi connectivity index (χ3v) is 4.41. The van der Waals surface area contributed by atoms with Gasteiger partial charge in [-0.05, 0) is 46.7 Å². The van der Waals surface area contributed by atoms with Gasteiger partial charge in [-0.25, -0.2) is 4.98 Å². The molecule has 0 bridgehead atoms. The molecule has 1 fully saturated rings. The van der Waals surface area contributed by atoms with Crippen LogP contribution in [0.4, 0.5) is 5.82 Å². The van der Waals surface area contributed by atoms with E-state index in [0.29, 0.717) is 17.0 Å². The maximum atomic E-state index is 5.87. The zero-order chi connectivity index (χ0) is 11.7. The van der Waals surface area contributed by atoms with Crippen molar-refractivity contribution in [3.63, 3.8) is 0 Å². The molecule has 1 heterocycles. The molecule has 0 aliphatic heterocycles. The molecule has 0 spiro atoms. The Bertz CT molecular complexity index is 383. The van der Waals surface area contributed by atoms with Crippen LogP contribution in [0.15, 0.2) is 16.7 Å². The van der Waals surface area contributed by atoms with Gasteiger partial charge in [-0.3, -0.25) is 0 Å². The molecule has 1 aromatic rings. The lowest BCUT2D eigenvalue weighted by atomic mass is 9.98. The van der Waals surface area contributed by atoms with Gasteiger partial charge >= 0.3 is 0 Å². The van der Waals surface area contributed by atoms with E-state index in [4.69, 9.17) is 11.6 Å². The highest BCUT2D eigenvalue weighted by Gasteiger charge is 2.30. The SMILES string of the molecule is CC1CCC(Nc2ncc(Cl)cc2Br)C1C. The fourth-order valence-electron chi connectivity index (χ4n) is 2.26. The summed E-state index contributed by atoms with van der Waals surface area (Å²) in [6, 6.07) is 2.40. The van der Waals surface area contributed by atoms with Gasteiger partial charge in [-0.15, -0.1) is 0 Å². The van der Waals surface area contributed by atoms with E-state index in [2.05, 4.69) is 40.1 Å². The summed E-state index contributed by atoms with van der Waals surface area (Å²) < 4.78 is 0.937. The molecule has 0 amide bonds. The topological polar surface area (TPSA) is 24.9 Å². The summed E-state index contributed by atoms with van der Waals surface area (Å²) in [6.07, 6.45) is 4.20. The average molecular weight is 304 g/mol. The standard InChI is InChI=1S/C12H16BrClN2/c1-7-3-4-11(8(7)2)16-12-10(13)5-9(14)6-15-12/h5-8,11H,3-4H2,1-2H3,(H,15,16). The van der Waals surface area contributed by atoms with E-state index in [1.54, 1.807) is 6.20 Å². The van der Waals surface area contributed by atoms with E-state index in [-0.39, 0.29) is 0 Å². The molecule has 3 atom stereocenters. The molecule has 0 radical (unpaired) electrons. The number of hydrogen-bond acceptors (Lipinski definition) is 2. The minimum atomic E-state index is 0.528. The summed E-state index contributed by atoms with van der Waals surface area (Å²) in [5.74, 6) is 2.39. The van der Waals surface area contributed by atoms with E-state index >= 15 is 0 Å².